The van der Waals surface area contributed by atoms with Crippen LogP contribution in [-0.4, -0.2) is 70.0 Å². The molecule has 0 saturated carbocycles. The molecule has 0 fully saturated rings. The molecule has 2 atom stereocenters. The number of esters is 2. The van der Waals surface area contributed by atoms with Crippen LogP contribution in [0.2, 0.25) is 0 Å². The van der Waals surface area contributed by atoms with Crippen molar-refractivity contribution in [3.8, 4) is 0 Å². The van der Waals surface area contributed by atoms with Crippen molar-refractivity contribution >= 4 is 42.4 Å². The minimum absolute atomic E-state index is 0.0582. The SMILES string of the molecule is C[N+](C)(C)CCOP(=O)([O-])OC[C@@H](COC(=O)c1cccs1)OC(=O)c1cccs1. The lowest BCUT2D eigenvalue weighted by Gasteiger charge is -2.28. The lowest BCUT2D eigenvalue weighted by atomic mass is 10.4. The summed E-state index contributed by atoms with van der Waals surface area (Å²) in [6, 6.07) is 6.52. The van der Waals surface area contributed by atoms with Crippen LogP contribution < -0.4 is 4.89 Å². The zero-order chi connectivity index (χ0) is 22.2. The van der Waals surface area contributed by atoms with Gasteiger partial charge in [-0.25, -0.2) is 9.59 Å². The number of carbonyl (C=O) groups excluding carboxylic acids is 2. The molecule has 2 rings (SSSR count). The van der Waals surface area contributed by atoms with Crippen molar-refractivity contribution in [2.45, 2.75) is 6.10 Å². The Kier molecular flexibility index (Phi) is 9.17. The number of likely N-dealkylation sites (N-methyl/N-ethyl adjacent to an activating group) is 1. The number of carbonyl (C=O) groups is 2. The maximum absolute atomic E-state index is 12.2. The number of thiophene rings is 2. The largest absolute Gasteiger partial charge is 0.756 e. The quantitative estimate of drug-likeness (QED) is 0.260. The van der Waals surface area contributed by atoms with Crippen LogP contribution in [0.15, 0.2) is 35.0 Å². The Hall–Kier alpha value is -1.59. The van der Waals surface area contributed by atoms with Crippen molar-refractivity contribution in [2.24, 2.45) is 0 Å². The van der Waals surface area contributed by atoms with Crippen molar-refractivity contribution in [3.63, 3.8) is 0 Å². The molecule has 0 aliphatic carbocycles. The van der Waals surface area contributed by atoms with Gasteiger partial charge in [0.25, 0.3) is 7.82 Å². The average molecular weight is 477 g/mol. The Balaban J connectivity index is 1.93. The van der Waals surface area contributed by atoms with Gasteiger partial charge in [0, 0.05) is 0 Å². The maximum Gasteiger partial charge on any atom is 0.348 e. The van der Waals surface area contributed by atoms with Crippen LogP contribution in [-0.2, 0) is 23.1 Å². The Bertz CT molecular complexity index is 848. The Morgan fingerprint density at radius 3 is 2.17 bits per heavy atom. The van der Waals surface area contributed by atoms with Crippen LogP contribution in [0.3, 0.4) is 0 Å². The van der Waals surface area contributed by atoms with Crippen molar-refractivity contribution in [3.05, 3.63) is 44.8 Å². The van der Waals surface area contributed by atoms with Crippen LogP contribution in [0.4, 0.5) is 0 Å². The standard InChI is InChI=1S/C18H24NO8PS2/c1-19(2,3)8-9-25-28(22,23)26-13-14(27-18(21)16-7-5-11-30-16)12-24-17(20)15-6-4-10-29-15/h4-7,10-11,14H,8-9,12-13H2,1-3H3/t14-/m1/s1. The summed E-state index contributed by atoms with van der Waals surface area (Å²) >= 11 is 2.36. The number of nitrogens with zero attached hydrogens (tertiary/aromatic N) is 1. The van der Waals surface area contributed by atoms with Gasteiger partial charge >= 0.3 is 11.9 Å². The highest BCUT2D eigenvalue weighted by molar-refractivity contribution is 7.45. The molecule has 0 aliphatic rings. The van der Waals surface area contributed by atoms with Gasteiger partial charge in [0.15, 0.2) is 6.10 Å². The van der Waals surface area contributed by atoms with Crippen molar-refractivity contribution in [1.82, 2.24) is 0 Å². The molecule has 30 heavy (non-hydrogen) atoms. The molecule has 0 aliphatic heterocycles. The van der Waals surface area contributed by atoms with Gasteiger partial charge in [-0.3, -0.25) is 4.57 Å². The van der Waals surface area contributed by atoms with Crippen LogP contribution in [0, 0.1) is 0 Å². The molecule has 0 bridgehead atoms. The fourth-order valence-electron chi connectivity index (χ4n) is 1.99. The van der Waals surface area contributed by atoms with Crippen molar-refractivity contribution in [2.75, 3.05) is 47.5 Å². The molecule has 0 N–H and O–H groups in total. The summed E-state index contributed by atoms with van der Waals surface area (Å²) in [6.45, 7) is -0.519. The van der Waals surface area contributed by atoms with Crippen LogP contribution in [0.5, 0.6) is 0 Å². The highest BCUT2D eigenvalue weighted by Gasteiger charge is 2.23. The number of quaternary nitrogens is 1. The van der Waals surface area contributed by atoms with Crippen LogP contribution in [0.1, 0.15) is 19.3 Å². The summed E-state index contributed by atoms with van der Waals surface area (Å²) in [5.41, 5.74) is 0. The smallest absolute Gasteiger partial charge is 0.348 e. The molecule has 9 nitrogen and oxygen atoms in total. The Morgan fingerprint density at radius 1 is 1.03 bits per heavy atom. The predicted molar refractivity (Wildman–Crippen MR) is 111 cm³/mol. The fourth-order valence-corrected chi connectivity index (χ4v) is 3.94. The van der Waals surface area contributed by atoms with E-state index in [-0.39, 0.29) is 13.2 Å². The zero-order valence-corrected chi connectivity index (χ0v) is 19.4. The fraction of sp³-hybridized carbons (Fsp3) is 0.444. The van der Waals surface area contributed by atoms with Gasteiger partial charge < -0.3 is 27.9 Å². The second-order valence-electron chi connectivity index (χ2n) is 7.17. The topological polar surface area (TPSA) is 111 Å². The van der Waals surface area contributed by atoms with Crippen molar-refractivity contribution in [1.29, 1.82) is 0 Å². The third-order valence-electron chi connectivity index (χ3n) is 3.55. The third kappa shape index (κ3) is 9.05. The highest BCUT2D eigenvalue weighted by atomic mass is 32.1. The number of phosphoric ester groups is 1. The van der Waals surface area contributed by atoms with E-state index in [0.29, 0.717) is 20.8 Å². The number of rotatable bonds is 12. The minimum atomic E-state index is -4.62. The molecule has 2 heterocycles. The van der Waals surface area contributed by atoms with Gasteiger partial charge in [0.2, 0.25) is 0 Å². The Morgan fingerprint density at radius 2 is 1.63 bits per heavy atom. The summed E-state index contributed by atoms with van der Waals surface area (Å²) in [4.78, 5) is 36.9. The molecule has 0 spiro atoms. The molecule has 2 aromatic rings. The Labute approximate surface area is 183 Å². The molecular weight excluding hydrogens is 453 g/mol. The van der Waals surface area contributed by atoms with E-state index in [0.717, 1.165) is 0 Å². The molecule has 0 saturated heterocycles. The van der Waals surface area contributed by atoms with Gasteiger partial charge in [-0.05, 0) is 22.9 Å². The number of ether oxygens (including phenoxy) is 2. The summed E-state index contributed by atoms with van der Waals surface area (Å²) in [5, 5.41) is 3.42. The molecule has 1 unspecified atom stereocenters. The normalized spacial score (nSPS) is 14.7. The van der Waals surface area contributed by atoms with E-state index in [1.165, 1.54) is 22.7 Å². The van der Waals surface area contributed by atoms with E-state index >= 15 is 0 Å². The van der Waals surface area contributed by atoms with Gasteiger partial charge in [-0.1, -0.05) is 12.1 Å². The zero-order valence-electron chi connectivity index (χ0n) is 16.8. The van der Waals surface area contributed by atoms with E-state index in [2.05, 4.69) is 0 Å². The van der Waals surface area contributed by atoms with Gasteiger partial charge in [-0.2, -0.15) is 0 Å². The summed E-state index contributed by atoms with van der Waals surface area (Å²) in [7, 11) is 1.05. The van der Waals surface area contributed by atoms with E-state index in [9.17, 15) is 19.0 Å². The first kappa shape index (κ1) is 24.7. The molecule has 2 aromatic heterocycles. The number of phosphoric acid groups is 1. The lowest BCUT2D eigenvalue weighted by Crippen LogP contribution is -2.37. The van der Waals surface area contributed by atoms with E-state index < -0.39 is 32.5 Å². The summed E-state index contributed by atoms with van der Waals surface area (Å²) in [6.07, 6.45) is -1.13. The molecule has 12 heteroatoms. The van der Waals surface area contributed by atoms with Crippen LogP contribution in [0.25, 0.3) is 0 Å². The molecule has 166 valence electrons. The molecule has 0 radical (unpaired) electrons. The van der Waals surface area contributed by atoms with Gasteiger partial charge in [0.05, 0.1) is 27.7 Å². The first-order valence-corrected chi connectivity index (χ1v) is 12.1. The predicted octanol–water partition coefficient (Wildman–Crippen LogP) is 2.40. The first-order valence-electron chi connectivity index (χ1n) is 8.91. The van der Waals surface area contributed by atoms with Gasteiger partial charge in [0.1, 0.15) is 29.5 Å². The second-order valence-corrected chi connectivity index (χ2v) is 10.5. The molecular formula is C18H24NO8PS2. The molecule has 0 aromatic carbocycles. The second kappa shape index (κ2) is 11.1. The van der Waals surface area contributed by atoms with Gasteiger partial charge in [-0.15, -0.1) is 22.7 Å². The van der Waals surface area contributed by atoms with Crippen LogP contribution >= 0.6 is 30.5 Å². The summed E-state index contributed by atoms with van der Waals surface area (Å²) in [5.74, 6) is -1.27. The number of hydrogen-bond acceptors (Lipinski definition) is 10. The maximum atomic E-state index is 12.2. The first-order chi connectivity index (χ1) is 14.1. The summed E-state index contributed by atoms with van der Waals surface area (Å²) < 4.78 is 32.6. The van der Waals surface area contributed by atoms with E-state index in [1.807, 2.05) is 21.1 Å². The minimum Gasteiger partial charge on any atom is -0.756 e. The van der Waals surface area contributed by atoms with E-state index in [4.69, 9.17) is 18.5 Å². The number of hydrogen-bond donors (Lipinski definition) is 0. The third-order valence-corrected chi connectivity index (χ3v) is 6.21. The van der Waals surface area contributed by atoms with E-state index in [1.54, 1.807) is 35.0 Å². The molecule has 0 amide bonds. The highest BCUT2D eigenvalue weighted by Crippen LogP contribution is 2.38. The van der Waals surface area contributed by atoms with Crippen molar-refractivity contribution < 1.29 is 42.1 Å². The monoisotopic (exact) mass is 477 g/mol. The average Bonchev–Trinajstić information content (AvgIpc) is 3.36. The lowest BCUT2D eigenvalue weighted by molar-refractivity contribution is -0.870.